The van der Waals surface area contributed by atoms with Crippen molar-refractivity contribution < 1.29 is 13.7 Å². The van der Waals surface area contributed by atoms with Crippen molar-refractivity contribution in [1.82, 2.24) is 0 Å². The summed E-state index contributed by atoms with van der Waals surface area (Å²) in [5.41, 5.74) is 1.57. The highest BCUT2D eigenvalue weighted by Gasteiger charge is 2.58. The van der Waals surface area contributed by atoms with E-state index in [-0.39, 0.29) is 0 Å². The van der Waals surface area contributed by atoms with Crippen LogP contribution in [0, 0.1) is 40.9 Å². The van der Waals surface area contributed by atoms with Gasteiger partial charge in [0.05, 0.1) is 12.3 Å². The molecule has 34 heavy (non-hydrogen) atoms. The maximum Gasteiger partial charge on any atom is 0.184 e. The van der Waals surface area contributed by atoms with Crippen LogP contribution in [0.2, 0.25) is 39.3 Å². The van der Waals surface area contributed by atoms with Crippen LogP contribution in [-0.2, 0) is 13.7 Å². The van der Waals surface area contributed by atoms with Gasteiger partial charge in [0, 0.05) is 12.0 Å². The molecule has 4 rings (SSSR count). The molecule has 4 fully saturated rings. The van der Waals surface area contributed by atoms with Gasteiger partial charge in [0.15, 0.2) is 16.6 Å². The van der Waals surface area contributed by atoms with E-state index < -0.39 is 16.6 Å². The third-order valence-corrected chi connectivity index (χ3v) is 11.8. The summed E-state index contributed by atoms with van der Waals surface area (Å²) in [6.07, 6.45) is 12.9. The lowest BCUT2D eigenvalue weighted by molar-refractivity contribution is -0.0702. The van der Waals surface area contributed by atoms with E-state index in [1.54, 1.807) is 0 Å². The topological polar surface area (TPSA) is 40.0 Å². The molecule has 0 heterocycles. The predicted octanol–water partition coefficient (Wildman–Crippen LogP) is 7.72. The molecule has 0 bridgehead atoms. The lowest BCUT2D eigenvalue weighted by Gasteiger charge is -2.56. The van der Waals surface area contributed by atoms with Crippen LogP contribution in [-0.4, -0.2) is 41.7 Å². The molecule has 8 atom stereocenters. The van der Waals surface area contributed by atoms with Gasteiger partial charge in [-0.2, -0.15) is 0 Å². The van der Waals surface area contributed by atoms with Gasteiger partial charge in [-0.25, -0.2) is 0 Å². The van der Waals surface area contributed by atoms with Crippen molar-refractivity contribution in [1.29, 1.82) is 0 Å². The minimum Gasteiger partial charge on any atom is -0.415 e. The van der Waals surface area contributed by atoms with E-state index in [1.165, 1.54) is 63.5 Å². The molecule has 4 aliphatic carbocycles. The van der Waals surface area contributed by atoms with Crippen LogP contribution in [0.15, 0.2) is 5.16 Å². The van der Waals surface area contributed by atoms with E-state index in [0.29, 0.717) is 30.7 Å². The van der Waals surface area contributed by atoms with E-state index in [0.717, 1.165) is 29.6 Å². The maximum absolute atomic E-state index is 6.57. The van der Waals surface area contributed by atoms with Crippen molar-refractivity contribution in [3.05, 3.63) is 0 Å². The number of nitrogens with zero attached hydrogens (tertiary/aromatic N) is 1. The average Bonchev–Trinajstić information content (AvgIpc) is 3.09. The average molecular weight is 508 g/mol. The molecule has 0 spiro atoms. The maximum atomic E-state index is 6.57. The molecule has 0 aromatic carbocycles. The van der Waals surface area contributed by atoms with Gasteiger partial charge in [0.2, 0.25) is 0 Å². The molecular formula is C28H53NO3Si2. The van der Waals surface area contributed by atoms with Crippen molar-refractivity contribution in [2.75, 3.05) is 13.2 Å². The van der Waals surface area contributed by atoms with Crippen molar-refractivity contribution in [3.8, 4) is 0 Å². The molecular weight excluding hydrogens is 454 g/mol. The largest absolute Gasteiger partial charge is 0.415 e. The zero-order valence-electron chi connectivity index (χ0n) is 23.5. The molecule has 4 unspecified atom stereocenters. The quantitative estimate of drug-likeness (QED) is 0.192. The van der Waals surface area contributed by atoms with Crippen LogP contribution in [0.4, 0.5) is 0 Å². The van der Waals surface area contributed by atoms with Gasteiger partial charge in [0.25, 0.3) is 0 Å². The fourth-order valence-electron chi connectivity index (χ4n) is 8.59. The molecule has 4 saturated carbocycles. The molecule has 0 N–H and O–H groups in total. The Hall–Kier alpha value is -0.176. The molecule has 0 amide bonds. The second-order valence-corrected chi connectivity index (χ2v) is 23.2. The molecule has 4 aliphatic rings. The van der Waals surface area contributed by atoms with Crippen molar-refractivity contribution in [3.63, 3.8) is 0 Å². The normalized spacial score (nSPS) is 40.9. The molecule has 6 heteroatoms. The van der Waals surface area contributed by atoms with Crippen LogP contribution in [0.5, 0.6) is 0 Å². The fraction of sp³-hybridized carbons (Fsp3) is 0.964. The summed E-state index contributed by atoms with van der Waals surface area (Å²) in [5.74, 6) is 5.13. The summed E-state index contributed by atoms with van der Waals surface area (Å²) >= 11 is 0. The van der Waals surface area contributed by atoms with Crippen LogP contribution in [0.25, 0.3) is 0 Å². The van der Waals surface area contributed by atoms with E-state index >= 15 is 0 Å². The molecule has 196 valence electrons. The second-order valence-electron chi connectivity index (χ2n) is 14.2. The number of fused-ring (bicyclic) bond motifs is 5. The standard InChI is InChI=1S/C28H53NO3Si2/c1-9-30-29-27(19-31-33(3,4)5)26-15-14-25-24-12-10-20-18-21(32-34(6,7)8)11-13-22(20)23(24)16-17-28(25,26)2/h20-26H,9-19H2,1-8H3/b29-27+/t20-,21-,22?,23?,24?,25?,26-,28+/m1/s1. The second kappa shape index (κ2) is 10.3. The Morgan fingerprint density at radius 1 is 0.853 bits per heavy atom. The summed E-state index contributed by atoms with van der Waals surface area (Å²) in [4.78, 5) is 5.63. The Labute approximate surface area is 212 Å². The summed E-state index contributed by atoms with van der Waals surface area (Å²) in [6.45, 7) is 19.8. The van der Waals surface area contributed by atoms with Crippen molar-refractivity contribution >= 4 is 22.3 Å². The van der Waals surface area contributed by atoms with Gasteiger partial charge in [-0.05, 0) is 139 Å². The smallest absolute Gasteiger partial charge is 0.184 e. The Morgan fingerprint density at radius 3 is 2.26 bits per heavy atom. The predicted molar refractivity (Wildman–Crippen MR) is 147 cm³/mol. The van der Waals surface area contributed by atoms with E-state index in [4.69, 9.17) is 13.7 Å². The third-order valence-electron chi connectivity index (χ3n) is 9.79. The van der Waals surface area contributed by atoms with Gasteiger partial charge in [-0.15, -0.1) is 0 Å². The van der Waals surface area contributed by atoms with Gasteiger partial charge in [-0.3, -0.25) is 0 Å². The minimum atomic E-state index is -1.59. The summed E-state index contributed by atoms with van der Waals surface area (Å²) in [7, 11) is -3.03. The minimum absolute atomic E-state index is 0.366. The van der Waals surface area contributed by atoms with Gasteiger partial charge in [0.1, 0.15) is 6.61 Å². The number of oxime groups is 1. The number of rotatable bonds is 8. The molecule has 0 saturated heterocycles. The van der Waals surface area contributed by atoms with Gasteiger partial charge >= 0.3 is 0 Å². The SMILES string of the molecule is CCO/N=C(\CO[Si](C)(C)C)[C@H]1CCC2C3CC[C@@H]4C[C@H](O[Si](C)(C)C)CCC4C3CC[C@@]21C. The highest BCUT2D eigenvalue weighted by molar-refractivity contribution is 6.70. The monoisotopic (exact) mass is 507 g/mol. The third kappa shape index (κ3) is 5.86. The Bertz CT molecular complexity index is 730. The van der Waals surface area contributed by atoms with E-state index in [2.05, 4.69) is 51.4 Å². The number of hydrogen-bond acceptors (Lipinski definition) is 4. The van der Waals surface area contributed by atoms with Gasteiger partial charge in [-0.1, -0.05) is 12.1 Å². The lowest BCUT2D eigenvalue weighted by atomic mass is 9.49. The summed E-state index contributed by atoms with van der Waals surface area (Å²) in [6, 6.07) is 0. The molecule has 0 aromatic rings. The Morgan fingerprint density at radius 2 is 1.59 bits per heavy atom. The molecule has 0 radical (unpaired) electrons. The zero-order valence-corrected chi connectivity index (χ0v) is 25.5. The van der Waals surface area contributed by atoms with Gasteiger partial charge < -0.3 is 13.7 Å². The van der Waals surface area contributed by atoms with Crippen LogP contribution in [0.3, 0.4) is 0 Å². The Balaban J connectivity index is 1.45. The van der Waals surface area contributed by atoms with Crippen LogP contribution in [0.1, 0.15) is 71.6 Å². The first kappa shape index (κ1) is 26.9. The van der Waals surface area contributed by atoms with Crippen molar-refractivity contribution in [2.45, 2.75) is 117 Å². The molecule has 4 nitrogen and oxygen atoms in total. The van der Waals surface area contributed by atoms with E-state index in [9.17, 15) is 0 Å². The van der Waals surface area contributed by atoms with Crippen molar-refractivity contribution in [2.24, 2.45) is 46.1 Å². The highest BCUT2D eigenvalue weighted by atomic mass is 28.4. The molecule has 0 aliphatic heterocycles. The summed E-state index contributed by atoms with van der Waals surface area (Å²) in [5, 5.41) is 4.67. The van der Waals surface area contributed by atoms with Crippen LogP contribution < -0.4 is 0 Å². The zero-order chi connectivity index (χ0) is 24.7. The van der Waals surface area contributed by atoms with E-state index in [1.807, 2.05) is 6.92 Å². The fourth-order valence-corrected chi connectivity index (χ4v) is 10.4. The van der Waals surface area contributed by atoms with Crippen LogP contribution >= 0.6 is 0 Å². The highest BCUT2D eigenvalue weighted by Crippen LogP contribution is 2.64. The molecule has 0 aromatic heterocycles. The summed E-state index contributed by atoms with van der Waals surface area (Å²) < 4.78 is 12.9. The first-order valence-electron chi connectivity index (χ1n) is 14.4. The lowest BCUT2D eigenvalue weighted by Crippen LogP contribution is -2.50. The first-order chi connectivity index (χ1) is 15.9. The Kier molecular flexibility index (Phi) is 8.14. The first-order valence-corrected chi connectivity index (χ1v) is 21.2. The number of hydrogen-bond donors (Lipinski definition) is 0.